The largest absolute Gasteiger partial charge is 0.495 e. The maximum atomic E-state index is 13.9. The molecule has 2 aromatic carbocycles. The average molecular weight is 473 g/mol. The predicted octanol–water partition coefficient (Wildman–Crippen LogP) is 3.98. The molecule has 1 N–H and O–H groups in total. The summed E-state index contributed by atoms with van der Waals surface area (Å²) < 4.78 is 46.4. The number of carbonyl (C=O) groups excluding carboxylic acids is 1. The Labute approximate surface area is 172 Å². The number of hydrogen-bond acceptors (Lipinski definition) is 4. The van der Waals surface area contributed by atoms with E-state index >= 15 is 0 Å². The Morgan fingerprint density at radius 1 is 1.25 bits per heavy atom. The van der Waals surface area contributed by atoms with Crippen LogP contribution in [0.1, 0.15) is 25.3 Å². The number of anilines is 1. The van der Waals surface area contributed by atoms with Gasteiger partial charge in [0.1, 0.15) is 16.5 Å². The van der Waals surface area contributed by atoms with E-state index in [0.717, 1.165) is 9.87 Å². The van der Waals surface area contributed by atoms with Crippen molar-refractivity contribution in [2.75, 3.05) is 26.0 Å². The third kappa shape index (κ3) is 5.09. The van der Waals surface area contributed by atoms with Gasteiger partial charge in [-0.2, -0.15) is 4.31 Å². The molecular formula is C19H22BrFN2O4S. The van der Waals surface area contributed by atoms with Gasteiger partial charge in [-0.1, -0.05) is 35.8 Å². The number of methoxy groups -OCH3 is 1. The van der Waals surface area contributed by atoms with Crippen LogP contribution in [0.25, 0.3) is 0 Å². The number of nitrogens with one attached hydrogen (secondary N) is 1. The molecule has 6 nitrogen and oxygen atoms in total. The molecule has 0 aliphatic heterocycles. The van der Waals surface area contributed by atoms with Crippen molar-refractivity contribution in [3.05, 3.63) is 52.3 Å². The van der Waals surface area contributed by atoms with Gasteiger partial charge >= 0.3 is 0 Å². The molecule has 2 aromatic rings. The Balaban J connectivity index is 2.24. The molecular weight excluding hydrogens is 451 g/mol. The molecule has 28 heavy (non-hydrogen) atoms. The van der Waals surface area contributed by atoms with Crippen molar-refractivity contribution in [1.82, 2.24) is 4.31 Å². The lowest BCUT2D eigenvalue weighted by molar-refractivity contribution is -0.116. The number of amides is 1. The van der Waals surface area contributed by atoms with Crippen LogP contribution in [0.15, 0.2) is 45.8 Å². The summed E-state index contributed by atoms with van der Waals surface area (Å²) in [5, 5.41) is 2.38. The van der Waals surface area contributed by atoms with E-state index in [1.165, 1.54) is 26.3 Å². The Morgan fingerprint density at radius 2 is 1.93 bits per heavy atom. The fourth-order valence-corrected chi connectivity index (χ4v) is 4.14. The number of sulfonamides is 1. The zero-order valence-electron chi connectivity index (χ0n) is 16.0. The quantitative estimate of drug-likeness (QED) is 0.660. The lowest BCUT2D eigenvalue weighted by atomic mass is 10.0. The summed E-state index contributed by atoms with van der Waals surface area (Å²) in [6, 6.07) is 9.10. The van der Waals surface area contributed by atoms with Crippen LogP contribution in [0.4, 0.5) is 10.1 Å². The summed E-state index contributed by atoms with van der Waals surface area (Å²) in [4.78, 5) is 12.2. The van der Waals surface area contributed by atoms with Gasteiger partial charge in [-0.25, -0.2) is 12.8 Å². The number of halogens is 2. The maximum Gasteiger partial charge on any atom is 0.246 e. The molecule has 152 valence electrons. The first-order chi connectivity index (χ1) is 13.1. The van der Waals surface area contributed by atoms with Crippen molar-refractivity contribution in [2.24, 2.45) is 0 Å². The molecule has 0 heterocycles. The summed E-state index contributed by atoms with van der Waals surface area (Å²) in [5.74, 6) is -0.977. The SMILES string of the molecule is COc1ccc(C(C)C)cc1S(=O)(=O)N(C)CC(=O)Nc1ccc(Br)cc1F. The Bertz CT molecular complexity index is 980. The minimum atomic E-state index is -4.00. The maximum absolute atomic E-state index is 13.9. The van der Waals surface area contributed by atoms with Gasteiger partial charge in [-0.15, -0.1) is 0 Å². The molecule has 0 aromatic heterocycles. The highest BCUT2D eigenvalue weighted by Crippen LogP contribution is 2.30. The molecule has 0 bridgehead atoms. The minimum Gasteiger partial charge on any atom is -0.495 e. The van der Waals surface area contributed by atoms with Crippen molar-refractivity contribution in [1.29, 1.82) is 0 Å². The number of hydrogen-bond donors (Lipinski definition) is 1. The third-order valence-electron chi connectivity index (χ3n) is 4.11. The molecule has 0 saturated heterocycles. The van der Waals surface area contributed by atoms with E-state index in [9.17, 15) is 17.6 Å². The van der Waals surface area contributed by atoms with Crippen molar-refractivity contribution in [3.63, 3.8) is 0 Å². The molecule has 0 atom stereocenters. The van der Waals surface area contributed by atoms with Crippen LogP contribution in [0, 0.1) is 5.82 Å². The summed E-state index contributed by atoms with van der Waals surface area (Å²) in [6.07, 6.45) is 0. The molecule has 9 heteroatoms. The van der Waals surface area contributed by atoms with Gasteiger partial charge in [-0.05, 0) is 41.8 Å². The summed E-state index contributed by atoms with van der Waals surface area (Å²) in [7, 11) is -1.33. The van der Waals surface area contributed by atoms with E-state index in [0.29, 0.717) is 4.47 Å². The van der Waals surface area contributed by atoms with E-state index in [-0.39, 0.29) is 22.3 Å². The first-order valence-corrected chi connectivity index (χ1v) is 10.7. The van der Waals surface area contributed by atoms with Crippen LogP contribution in [-0.4, -0.2) is 39.3 Å². The van der Waals surface area contributed by atoms with Gasteiger partial charge in [-0.3, -0.25) is 4.79 Å². The zero-order chi connectivity index (χ0) is 21.1. The van der Waals surface area contributed by atoms with Crippen molar-refractivity contribution in [3.8, 4) is 5.75 Å². The molecule has 2 rings (SSSR count). The zero-order valence-corrected chi connectivity index (χ0v) is 18.4. The molecule has 1 amide bonds. The molecule has 0 unspecified atom stereocenters. The first-order valence-electron chi connectivity index (χ1n) is 8.45. The van der Waals surface area contributed by atoms with Crippen LogP contribution in [0.2, 0.25) is 0 Å². The first kappa shape index (κ1) is 22.3. The Morgan fingerprint density at radius 3 is 2.50 bits per heavy atom. The number of benzene rings is 2. The highest BCUT2D eigenvalue weighted by Gasteiger charge is 2.27. The number of nitrogens with zero attached hydrogens (tertiary/aromatic N) is 1. The number of rotatable bonds is 7. The topological polar surface area (TPSA) is 75.7 Å². The van der Waals surface area contributed by atoms with Crippen LogP contribution < -0.4 is 10.1 Å². The number of carbonyl (C=O) groups is 1. The van der Waals surface area contributed by atoms with Crippen LogP contribution >= 0.6 is 15.9 Å². The summed E-state index contributed by atoms with van der Waals surface area (Å²) >= 11 is 3.13. The van der Waals surface area contributed by atoms with Crippen molar-refractivity contribution < 1.29 is 22.3 Å². The fourth-order valence-electron chi connectivity index (χ4n) is 2.49. The van der Waals surface area contributed by atoms with E-state index < -0.39 is 28.3 Å². The molecule has 0 aliphatic carbocycles. The lowest BCUT2D eigenvalue weighted by Gasteiger charge is -2.20. The van der Waals surface area contributed by atoms with Crippen LogP contribution in [0.3, 0.4) is 0 Å². The highest BCUT2D eigenvalue weighted by atomic mass is 79.9. The molecule has 0 radical (unpaired) electrons. The fraction of sp³-hybridized carbons (Fsp3) is 0.316. The standard InChI is InChI=1S/C19H22BrFN2O4S/c1-12(2)13-5-8-17(27-4)18(9-13)28(25,26)23(3)11-19(24)22-16-7-6-14(20)10-15(16)21/h5-10,12H,11H2,1-4H3,(H,22,24). The second-order valence-electron chi connectivity index (χ2n) is 6.50. The van der Waals surface area contributed by atoms with Gasteiger partial charge in [0.2, 0.25) is 15.9 Å². The van der Waals surface area contributed by atoms with Crippen molar-refractivity contribution in [2.45, 2.75) is 24.7 Å². The van der Waals surface area contributed by atoms with Crippen molar-refractivity contribution >= 4 is 37.5 Å². The van der Waals surface area contributed by atoms with Gasteiger partial charge < -0.3 is 10.1 Å². The van der Waals surface area contributed by atoms with E-state index in [4.69, 9.17) is 4.74 Å². The minimum absolute atomic E-state index is 0.0219. The Hall–Kier alpha value is -1.97. The van der Waals surface area contributed by atoms with E-state index in [2.05, 4.69) is 21.2 Å². The summed E-state index contributed by atoms with van der Waals surface area (Å²) in [5.41, 5.74) is 0.799. The van der Waals surface area contributed by atoms with E-state index in [1.54, 1.807) is 24.3 Å². The molecule has 0 aliphatic rings. The monoisotopic (exact) mass is 472 g/mol. The highest BCUT2D eigenvalue weighted by molar-refractivity contribution is 9.10. The van der Waals surface area contributed by atoms with Gasteiger partial charge in [0.15, 0.2) is 0 Å². The average Bonchev–Trinajstić information content (AvgIpc) is 2.63. The van der Waals surface area contributed by atoms with Gasteiger partial charge in [0.05, 0.1) is 19.3 Å². The normalized spacial score (nSPS) is 11.7. The smallest absolute Gasteiger partial charge is 0.246 e. The number of ether oxygens (including phenoxy) is 1. The lowest BCUT2D eigenvalue weighted by Crippen LogP contribution is -2.35. The Kier molecular flexibility index (Phi) is 7.19. The van der Waals surface area contributed by atoms with Gasteiger partial charge in [0.25, 0.3) is 0 Å². The number of likely N-dealkylation sites (N-methyl/N-ethyl adjacent to an activating group) is 1. The molecule has 0 spiro atoms. The third-order valence-corrected chi connectivity index (χ3v) is 6.43. The van der Waals surface area contributed by atoms with Crippen LogP contribution in [-0.2, 0) is 14.8 Å². The van der Waals surface area contributed by atoms with Gasteiger partial charge in [0, 0.05) is 11.5 Å². The molecule has 0 fully saturated rings. The molecule has 0 saturated carbocycles. The second-order valence-corrected chi connectivity index (χ2v) is 9.43. The predicted molar refractivity (Wildman–Crippen MR) is 110 cm³/mol. The summed E-state index contributed by atoms with van der Waals surface area (Å²) in [6.45, 7) is 3.41. The van der Waals surface area contributed by atoms with Crippen LogP contribution in [0.5, 0.6) is 5.75 Å². The second kappa shape index (κ2) is 9.02. The van der Waals surface area contributed by atoms with E-state index in [1.807, 2.05) is 13.8 Å².